The number of carbonyl (C=O) groups is 4. The molecule has 0 aliphatic rings. The summed E-state index contributed by atoms with van der Waals surface area (Å²) in [5.41, 5.74) is 0. The lowest BCUT2D eigenvalue weighted by Gasteiger charge is -2.21. The van der Waals surface area contributed by atoms with Gasteiger partial charge in [0, 0.05) is 25.7 Å². The predicted octanol–water partition coefficient (Wildman–Crippen LogP) is 24.9. The second kappa shape index (κ2) is 73.7. The first-order valence-corrected chi connectivity index (χ1v) is 45.7. The fraction of sp³-hybridized carbons (Fsp3) is 0.905. The topological polar surface area (TPSA) is 237 Å². The Morgan fingerprint density at radius 2 is 0.573 bits per heavy atom. The van der Waals surface area contributed by atoms with E-state index in [0.29, 0.717) is 31.6 Å². The number of hydrogen-bond donors (Lipinski definition) is 3. The molecule has 103 heavy (non-hydrogen) atoms. The summed E-state index contributed by atoms with van der Waals surface area (Å²) in [7, 11) is -9.94. The van der Waals surface area contributed by atoms with Crippen LogP contribution in [0, 0.1) is 17.8 Å². The van der Waals surface area contributed by atoms with Crippen LogP contribution in [0.3, 0.4) is 0 Å². The Balaban J connectivity index is 5.23. The molecule has 0 radical (unpaired) electrons. The zero-order chi connectivity index (χ0) is 75.8. The number of unbranched alkanes of at least 4 members (excludes halogenated alkanes) is 44. The molecular weight excluding hydrogens is 1340 g/mol. The Morgan fingerprint density at radius 3 is 0.864 bits per heavy atom. The first-order valence-electron chi connectivity index (χ1n) is 42.7. The maximum absolute atomic E-state index is 13.1. The molecule has 17 nitrogen and oxygen atoms in total. The van der Waals surface area contributed by atoms with Gasteiger partial charge in [0.25, 0.3) is 0 Å². The Morgan fingerprint density at radius 1 is 0.320 bits per heavy atom. The lowest BCUT2D eigenvalue weighted by molar-refractivity contribution is -0.161. The van der Waals surface area contributed by atoms with Crippen molar-refractivity contribution in [2.24, 2.45) is 17.8 Å². The van der Waals surface area contributed by atoms with Crippen LogP contribution in [-0.2, 0) is 65.4 Å². The number of ether oxygens (including phenoxy) is 4. The quantitative estimate of drug-likeness (QED) is 0.0169. The number of rotatable bonds is 80. The van der Waals surface area contributed by atoms with Crippen LogP contribution in [0.1, 0.15) is 414 Å². The summed E-state index contributed by atoms with van der Waals surface area (Å²) >= 11 is 0. The summed E-state index contributed by atoms with van der Waals surface area (Å²) < 4.78 is 68.7. The van der Waals surface area contributed by atoms with Crippen molar-refractivity contribution >= 4 is 39.5 Å². The largest absolute Gasteiger partial charge is 0.472 e. The number of hydrogen-bond acceptors (Lipinski definition) is 15. The van der Waals surface area contributed by atoms with Gasteiger partial charge in [0.15, 0.2) is 12.2 Å². The van der Waals surface area contributed by atoms with Gasteiger partial charge < -0.3 is 33.8 Å². The van der Waals surface area contributed by atoms with Gasteiger partial charge >= 0.3 is 39.5 Å². The highest BCUT2D eigenvalue weighted by Gasteiger charge is 2.30. The van der Waals surface area contributed by atoms with Gasteiger partial charge in [0.2, 0.25) is 0 Å². The Hall–Kier alpha value is -2.46. The van der Waals surface area contributed by atoms with E-state index in [4.69, 9.17) is 37.0 Å². The summed E-state index contributed by atoms with van der Waals surface area (Å²) in [4.78, 5) is 73.1. The Bertz CT molecular complexity index is 2090. The van der Waals surface area contributed by atoms with E-state index in [1.807, 2.05) is 0 Å². The number of aliphatic hydroxyl groups excluding tert-OH is 1. The molecule has 0 amide bonds. The zero-order valence-electron chi connectivity index (χ0n) is 67.3. The van der Waals surface area contributed by atoms with Crippen molar-refractivity contribution in [1.82, 2.24) is 0 Å². The molecule has 4 unspecified atom stereocenters. The fourth-order valence-corrected chi connectivity index (χ4v) is 14.0. The summed E-state index contributed by atoms with van der Waals surface area (Å²) in [5.74, 6) is 0.218. The number of phosphoric acid groups is 2. The molecule has 3 N–H and O–H groups in total. The maximum Gasteiger partial charge on any atom is 0.472 e. The summed E-state index contributed by atoms with van der Waals surface area (Å²) in [6, 6.07) is 0. The smallest absolute Gasteiger partial charge is 0.462 e. The molecule has 19 heteroatoms. The first-order chi connectivity index (χ1) is 49.8. The van der Waals surface area contributed by atoms with Crippen LogP contribution in [-0.4, -0.2) is 96.7 Å². The van der Waals surface area contributed by atoms with Gasteiger partial charge in [0.1, 0.15) is 19.3 Å². The van der Waals surface area contributed by atoms with Gasteiger partial charge in [-0.15, -0.1) is 0 Å². The van der Waals surface area contributed by atoms with Crippen LogP contribution in [0.4, 0.5) is 0 Å². The third-order valence-corrected chi connectivity index (χ3v) is 21.3. The van der Waals surface area contributed by atoms with Gasteiger partial charge in [-0.05, 0) is 69.1 Å². The van der Waals surface area contributed by atoms with Crippen LogP contribution < -0.4 is 0 Å². The van der Waals surface area contributed by atoms with Crippen LogP contribution >= 0.6 is 15.6 Å². The molecule has 0 aromatic rings. The molecule has 0 saturated carbocycles. The minimum absolute atomic E-state index is 0.100. The van der Waals surface area contributed by atoms with Crippen LogP contribution in [0.15, 0.2) is 24.3 Å². The highest BCUT2D eigenvalue weighted by molar-refractivity contribution is 7.47. The molecule has 0 aromatic carbocycles. The lowest BCUT2D eigenvalue weighted by Crippen LogP contribution is -2.30. The molecule has 0 aliphatic carbocycles. The minimum atomic E-state index is -4.97. The van der Waals surface area contributed by atoms with Gasteiger partial charge in [0.05, 0.1) is 26.4 Å². The normalized spacial score (nSPS) is 14.3. The van der Waals surface area contributed by atoms with Gasteiger partial charge in [-0.3, -0.25) is 37.3 Å². The lowest BCUT2D eigenvalue weighted by atomic mass is 9.99. The van der Waals surface area contributed by atoms with E-state index in [2.05, 4.69) is 72.8 Å². The van der Waals surface area contributed by atoms with E-state index < -0.39 is 97.5 Å². The van der Waals surface area contributed by atoms with E-state index in [9.17, 15) is 43.2 Å². The van der Waals surface area contributed by atoms with Crippen LogP contribution in [0.5, 0.6) is 0 Å². The van der Waals surface area contributed by atoms with Crippen molar-refractivity contribution in [2.45, 2.75) is 433 Å². The molecule has 0 aromatic heterocycles. The monoisotopic (exact) mass is 1500 g/mol. The van der Waals surface area contributed by atoms with E-state index in [0.717, 1.165) is 127 Å². The molecule has 0 aliphatic heterocycles. The van der Waals surface area contributed by atoms with Crippen molar-refractivity contribution < 1.29 is 80.2 Å². The average Bonchev–Trinajstić information content (AvgIpc) is 0.916. The molecular formula is C84H160O17P2. The third-order valence-electron chi connectivity index (χ3n) is 19.4. The molecule has 608 valence electrons. The minimum Gasteiger partial charge on any atom is -0.462 e. The van der Waals surface area contributed by atoms with Crippen molar-refractivity contribution in [2.75, 3.05) is 39.6 Å². The third kappa shape index (κ3) is 76.1. The van der Waals surface area contributed by atoms with E-state index in [-0.39, 0.29) is 25.7 Å². The van der Waals surface area contributed by atoms with Crippen molar-refractivity contribution in [3.8, 4) is 0 Å². The number of esters is 4. The number of allylic oxidation sites excluding steroid dienone is 4. The molecule has 0 heterocycles. The number of phosphoric ester groups is 2. The zero-order valence-corrected chi connectivity index (χ0v) is 69.1. The highest BCUT2D eigenvalue weighted by atomic mass is 31.2. The standard InChI is InChI=1S/C84H160O17P2/c1-8-10-11-12-13-14-15-16-21-27-32-37-44-51-58-65-81(86)94-71-79(100-83(88)68-61-54-46-39-34-29-24-25-30-35-41-48-55-62-75(3)4)73-98-102(90,91)96-69-78(85)70-97-103(92,93)99-74-80(72-95-82(87)66-59-52-47-40-42-49-56-63-76(5)6)101-84(89)67-60-53-45-38-33-28-23-20-18-17-19-22-26-31-36-43-50-57-64-77(7)9-2/h14-16,21,75-80,85H,8-13,17-20,22-74H2,1-7H3,(H,90,91)(H,92,93)/b15-14-,21-16-/t77?,78?,79-,80-/m1/s1. The van der Waals surface area contributed by atoms with Crippen molar-refractivity contribution in [3.63, 3.8) is 0 Å². The summed E-state index contributed by atoms with van der Waals surface area (Å²) in [6.45, 7) is 11.9. The second-order valence-corrected chi connectivity index (χ2v) is 33.6. The number of carbonyl (C=O) groups excluding carboxylic acids is 4. The summed E-state index contributed by atoms with van der Waals surface area (Å²) in [6.07, 6.45) is 66.1. The molecule has 0 bridgehead atoms. The Kier molecular flexibility index (Phi) is 71.9. The molecule has 0 spiro atoms. The van der Waals surface area contributed by atoms with E-state index in [1.54, 1.807) is 0 Å². The van der Waals surface area contributed by atoms with Crippen molar-refractivity contribution in [3.05, 3.63) is 24.3 Å². The van der Waals surface area contributed by atoms with E-state index >= 15 is 0 Å². The average molecular weight is 1500 g/mol. The number of aliphatic hydroxyl groups is 1. The second-order valence-electron chi connectivity index (χ2n) is 30.7. The molecule has 6 atom stereocenters. The highest BCUT2D eigenvalue weighted by Crippen LogP contribution is 2.45. The molecule has 0 saturated heterocycles. The maximum atomic E-state index is 13.1. The van der Waals surface area contributed by atoms with Crippen LogP contribution in [0.25, 0.3) is 0 Å². The van der Waals surface area contributed by atoms with Crippen molar-refractivity contribution in [1.29, 1.82) is 0 Å². The summed E-state index contributed by atoms with van der Waals surface area (Å²) in [5, 5.41) is 10.7. The Labute approximate surface area is 631 Å². The van der Waals surface area contributed by atoms with E-state index in [1.165, 1.54) is 199 Å². The predicted molar refractivity (Wildman–Crippen MR) is 423 cm³/mol. The van der Waals surface area contributed by atoms with Gasteiger partial charge in [-0.25, -0.2) is 9.13 Å². The molecule has 0 fully saturated rings. The van der Waals surface area contributed by atoms with Crippen LogP contribution in [0.2, 0.25) is 0 Å². The van der Waals surface area contributed by atoms with Gasteiger partial charge in [-0.1, -0.05) is 362 Å². The first kappa shape index (κ1) is 101. The molecule has 0 rings (SSSR count). The fourth-order valence-electron chi connectivity index (χ4n) is 12.4. The SMILES string of the molecule is CCCCCC/C=C\C=C/CCCCCCCC(=O)OC[C@H](COP(=O)(O)OCC(O)COP(=O)(O)OC[C@@H](COC(=O)CCCCCCCCCC(C)C)OC(=O)CCCCCCCCCCCCCCCCCCCCC(C)CC)OC(=O)CCCCCCCCCCCCCCCC(C)C. The van der Waals surface area contributed by atoms with Gasteiger partial charge in [-0.2, -0.15) is 0 Å².